The van der Waals surface area contributed by atoms with Gasteiger partial charge < -0.3 is 15.4 Å². The van der Waals surface area contributed by atoms with Gasteiger partial charge >= 0.3 is 5.97 Å². The van der Waals surface area contributed by atoms with Gasteiger partial charge in [-0.05, 0) is 55.5 Å². The third-order valence-corrected chi connectivity index (χ3v) is 4.15. The van der Waals surface area contributed by atoms with Crippen molar-refractivity contribution in [1.82, 2.24) is 15.1 Å². The van der Waals surface area contributed by atoms with Gasteiger partial charge in [-0.3, -0.25) is 9.59 Å². The Balaban J connectivity index is 1.56. The van der Waals surface area contributed by atoms with Gasteiger partial charge in [0.1, 0.15) is 0 Å². The van der Waals surface area contributed by atoms with E-state index in [-0.39, 0.29) is 5.91 Å². The number of carbonyl (C=O) groups excluding carboxylic acids is 3. The predicted octanol–water partition coefficient (Wildman–Crippen LogP) is 2.34. The van der Waals surface area contributed by atoms with E-state index in [4.69, 9.17) is 4.74 Å². The van der Waals surface area contributed by atoms with Gasteiger partial charge in [-0.1, -0.05) is 6.07 Å². The maximum Gasteiger partial charge on any atom is 0.338 e. The summed E-state index contributed by atoms with van der Waals surface area (Å²) in [6.07, 6.45) is 1.69. The van der Waals surface area contributed by atoms with Gasteiger partial charge in [-0.25, -0.2) is 9.48 Å². The minimum absolute atomic E-state index is 0.263. The van der Waals surface area contributed by atoms with E-state index in [9.17, 15) is 14.4 Å². The second-order valence-electron chi connectivity index (χ2n) is 6.22. The molecule has 2 aromatic carbocycles. The predicted molar refractivity (Wildman–Crippen MR) is 107 cm³/mol. The highest BCUT2D eigenvalue weighted by atomic mass is 16.5. The van der Waals surface area contributed by atoms with Gasteiger partial charge in [-0.15, -0.1) is 0 Å². The van der Waals surface area contributed by atoms with Crippen molar-refractivity contribution in [1.29, 1.82) is 0 Å². The van der Waals surface area contributed by atoms with Crippen LogP contribution in [0.15, 0.2) is 60.8 Å². The lowest BCUT2D eigenvalue weighted by molar-refractivity contribution is -0.119. The molecule has 0 bridgehead atoms. The van der Waals surface area contributed by atoms with E-state index >= 15 is 0 Å². The summed E-state index contributed by atoms with van der Waals surface area (Å²) >= 11 is 0. The lowest BCUT2D eigenvalue weighted by Gasteiger charge is -2.09. The Labute approximate surface area is 167 Å². The van der Waals surface area contributed by atoms with Crippen molar-refractivity contribution in [2.75, 3.05) is 19.0 Å². The van der Waals surface area contributed by atoms with Crippen LogP contribution in [0.2, 0.25) is 0 Å². The standard InChI is InChI=1S/C21H20N4O4/c1-14-10-11-23-25(14)18-8-6-15(7-9-18)21(28)29-13-19(26)24-17-5-3-4-16(12-17)20(27)22-2/h3-12H,13H2,1-2H3,(H,22,27)(H,24,26). The van der Waals surface area contributed by atoms with Crippen LogP contribution in [0.4, 0.5) is 5.69 Å². The number of carbonyl (C=O) groups is 3. The minimum Gasteiger partial charge on any atom is -0.452 e. The molecule has 148 valence electrons. The van der Waals surface area contributed by atoms with Crippen LogP contribution in [-0.2, 0) is 9.53 Å². The molecule has 8 nitrogen and oxygen atoms in total. The molecule has 0 atom stereocenters. The summed E-state index contributed by atoms with van der Waals surface area (Å²) in [5, 5.41) is 9.31. The highest BCUT2D eigenvalue weighted by molar-refractivity contribution is 5.98. The number of benzene rings is 2. The molecule has 29 heavy (non-hydrogen) atoms. The first kappa shape index (κ1) is 19.8. The first-order chi connectivity index (χ1) is 14.0. The van der Waals surface area contributed by atoms with Crippen molar-refractivity contribution >= 4 is 23.5 Å². The zero-order valence-corrected chi connectivity index (χ0v) is 16.0. The number of rotatable bonds is 6. The van der Waals surface area contributed by atoms with Crippen molar-refractivity contribution in [3.05, 3.63) is 77.6 Å². The van der Waals surface area contributed by atoms with Crippen molar-refractivity contribution in [2.45, 2.75) is 6.92 Å². The van der Waals surface area contributed by atoms with Crippen LogP contribution in [0.5, 0.6) is 0 Å². The molecule has 0 aliphatic carbocycles. The Morgan fingerprint density at radius 1 is 1.03 bits per heavy atom. The molecule has 0 saturated carbocycles. The van der Waals surface area contributed by atoms with Gasteiger partial charge in [-0.2, -0.15) is 5.10 Å². The van der Waals surface area contributed by atoms with E-state index in [0.29, 0.717) is 16.8 Å². The smallest absolute Gasteiger partial charge is 0.338 e. The molecule has 0 fully saturated rings. The Hall–Kier alpha value is -3.94. The number of hydrogen-bond acceptors (Lipinski definition) is 5. The van der Waals surface area contributed by atoms with Gasteiger partial charge in [0.15, 0.2) is 6.61 Å². The number of ether oxygens (including phenoxy) is 1. The molecule has 0 saturated heterocycles. The summed E-state index contributed by atoms with van der Waals surface area (Å²) in [6, 6.07) is 15.1. The molecule has 1 heterocycles. The first-order valence-electron chi connectivity index (χ1n) is 8.88. The maximum atomic E-state index is 12.2. The highest BCUT2D eigenvalue weighted by Gasteiger charge is 2.12. The monoisotopic (exact) mass is 392 g/mol. The number of esters is 1. The van der Waals surface area contributed by atoms with E-state index in [2.05, 4.69) is 15.7 Å². The van der Waals surface area contributed by atoms with Crippen LogP contribution in [0.25, 0.3) is 5.69 Å². The fraction of sp³-hybridized carbons (Fsp3) is 0.143. The lowest BCUT2D eigenvalue weighted by atomic mass is 10.2. The summed E-state index contributed by atoms with van der Waals surface area (Å²) in [4.78, 5) is 35.9. The zero-order chi connectivity index (χ0) is 20.8. The average Bonchev–Trinajstić information content (AvgIpc) is 3.17. The molecule has 3 rings (SSSR count). The number of aromatic nitrogens is 2. The third kappa shape index (κ3) is 4.86. The van der Waals surface area contributed by atoms with E-state index in [1.54, 1.807) is 53.3 Å². The number of aryl methyl sites for hydroxylation is 1. The SMILES string of the molecule is CNC(=O)c1cccc(NC(=O)COC(=O)c2ccc(-n3nccc3C)cc2)c1. The molecule has 0 unspecified atom stereocenters. The Morgan fingerprint density at radius 3 is 2.45 bits per heavy atom. The number of nitrogens with zero attached hydrogens (tertiary/aromatic N) is 2. The van der Waals surface area contributed by atoms with Crippen molar-refractivity contribution in [3.8, 4) is 5.69 Å². The molecular weight excluding hydrogens is 372 g/mol. The average molecular weight is 392 g/mol. The number of nitrogens with one attached hydrogen (secondary N) is 2. The Kier molecular flexibility index (Phi) is 6.03. The summed E-state index contributed by atoms with van der Waals surface area (Å²) in [5.41, 5.74) is 2.96. The van der Waals surface area contributed by atoms with E-state index < -0.39 is 18.5 Å². The molecule has 0 aliphatic heterocycles. The Morgan fingerprint density at radius 2 is 1.79 bits per heavy atom. The van der Waals surface area contributed by atoms with Gasteiger partial charge in [0, 0.05) is 30.2 Å². The van der Waals surface area contributed by atoms with Crippen LogP contribution >= 0.6 is 0 Å². The van der Waals surface area contributed by atoms with Crippen molar-refractivity contribution in [2.24, 2.45) is 0 Å². The van der Waals surface area contributed by atoms with Crippen molar-refractivity contribution < 1.29 is 19.1 Å². The summed E-state index contributed by atoms with van der Waals surface area (Å²) in [6.45, 7) is 1.49. The Bertz CT molecular complexity index is 1040. The van der Waals surface area contributed by atoms with E-state index in [1.807, 2.05) is 13.0 Å². The first-order valence-corrected chi connectivity index (χ1v) is 8.88. The molecular formula is C21H20N4O4. The lowest BCUT2D eigenvalue weighted by Crippen LogP contribution is -2.22. The number of hydrogen-bond donors (Lipinski definition) is 2. The molecule has 0 aliphatic rings. The van der Waals surface area contributed by atoms with Gasteiger partial charge in [0.25, 0.3) is 11.8 Å². The molecule has 1 aromatic heterocycles. The topological polar surface area (TPSA) is 102 Å². The van der Waals surface area contributed by atoms with E-state index in [1.165, 1.54) is 13.1 Å². The third-order valence-electron chi connectivity index (χ3n) is 4.15. The summed E-state index contributed by atoms with van der Waals surface area (Å²) in [5.74, 6) is -1.37. The zero-order valence-electron chi connectivity index (χ0n) is 16.0. The van der Waals surface area contributed by atoms with Crippen LogP contribution in [-0.4, -0.2) is 41.2 Å². The highest BCUT2D eigenvalue weighted by Crippen LogP contribution is 2.13. The van der Waals surface area contributed by atoms with Crippen LogP contribution in [0.3, 0.4) is 0 Å². The minimum atomic E-state index is -0.608. The van der Waals surface area contributed by atoms with E-state index in [0.717, 1.165) is 11.4 Å². The van der Waals surface area contributed by atoms with Crippen LogP contribution in [0, 0.1) is 6.92 Å². The largest absolute Gasteiger partial charge is 0.452 e. The van der Waals surface area contributed by atoms with Gasteiger partial charge in [0.2, 0.25) is 0 Å². The fourth-order valence-corrected chi connectivity index (χ4v) is 2.67. The molecule has 3 aromatic rings. The molecule has 2 amide bonds. The van der Waals surface area contributed by atoms with Gasteiger partial charge in [0.05, 0.1) is 11.3 Å². The second-order valence-corrected chi connectivity index (χ2v) is 6.22. The quantitative estimate of drug-likeness (QED) is 0.627. The summed E-state index contributed by atoms with van der Waals surface area (Å²) in [7, 11) is 1.52. The maximum absolute atomic E-state index is 12.2. The summed E-state index contributed by atoms with van der Waals surface area (Å²) < 4.78 is 6.81. The molecule has 8 heteroatoms. The number of anilines is 1. The number of amides is 2. The second kappa shape index (κ2) is 8.83. The normalized spacial score (nSPS) is 10.3. The molecule has 0 radical (unpaired) electrons. The van der Waals surface area contributed by atoms with Crippen LogP contribution in [0.1, 0.15) is 26.4 Å². The molecule has 0 spiro atoms. The van der Waals surface area contributed by atoms with Crippen molar-refractivity contribution in [3.63, 3.8) is 0 Å². The van der Waals surface area contributed by atoms with Crippen LogP contribution < -0.4 is 10.6 Å². The molecule has 2 N–H and O–H groups in total. The fourth-order valence-electron chi connectivity index (χ4n) is 2.67.